The van der Waals surface area contributed by atoms with Crippen molar-refractivity contribution >= 4 is 11.8 Å². The van der Waals surface area contributed by atoms with Gasteiger partial charge in [0.05, 0.1) is 6.10 Å². The fraction of sp³-hybridized carbons (Fsp3) is 0.818. The first-order valence-electron chi connectivity index (χ1n) is 6.10. The highest BCUT2D eigenvalue weighted by Gasteiger charge is 2.54. The molecule has 0 aromatic heterocycles. The zero-order valence-corrected chi connectivity index (χ0v) is 10.6. The molecule has 5 N–H and O–H groups in total. The largest absolute Gasteiger partial charge is 0.391 e. The molecular weight excluding hydrogens is 236 g/mol. The summed E-state index contributed by atoms with van der Waals surface area (Å²) in [6.07, 6.45) is -0.231. The maximum Gasteiger partial charge on any atom is 0.244 e. The van der Waals surface area contributed by atoms with Crippen LogP contribution in [0.3, 0.4) is 0 Å². The summed E-state index contributed by atoms with van der Waals surface area (Å²) in [6.45, 7) is 2.79. The second-order valence-electron chi connectivity index (χ2n) is 5.31. The molecule has 2 fully saturated rings. The lowest BCUT2D eigenvalue weighted by Crippen LogP contribution is -2.69. The van der Waals surface area contributed by atoms with E-state index in [-0.39, 0.29) is 11.9 Å². The summed E-state index contributed by atoms with van der Waals surface area (Å²) >= 11 is 0. The van der Waals surface area contributed by atoms with Crippen LogP contribution in [0.2, 0.25) is 0 Å². The van der Waals surface area contributed by atoms with Gasteiger partial charge in [0.25, 0.3) is 0 Å². The number of aliphatic hydroxyl groups excluding tert-OH is 1. The molecule has 18 heavy (non-hydrogen) atoms. The summed E-state index contributed by atoms with van der Waals surface area (Å²) in [7, 11) is 1.76. The second-order valence-corrected chi connectivity index (χ2v) is 5.31. The highest BCUT2D eigenvalue weighted by Crippen LogP contribution is 2.30. The van der Waals surface area contributed by atoms with Gasteiger partial charge in [0.2, 0.25) is 11.8 Å². The van der Waals surface area contributed by atoms with Gasteiger partial charge in [-0.1, -0.05) is 0 Å². The van der Waals surface area contributed by atoms with Crippen molar-refractivity contribution in [2.45, 2.75) is 37.1 Å². The van der Waals surface area contributed by atoms with Gasteiger partial charge in [0.1, 0.15) is 11.6 Å². The number of carbonyl (C=O) groups is 2. The number of hydrogen-bond donors (Lipinski definition) is 4. The molecule has 4 atom stereocenters. The first-order valence-corrected chi connectivity index (χ1v) is 6.10. The highest BCUT2D eigenvalue weighted by atomic mass is 16.3. The van der Waals surface area contributed by atoms with Crippen LogP contribution in [0.25, 0.3) is 0 Å². The van der Waals surface area contributed by atoms with Crippen molar-refractivity contribution in [2.75, 3.05) is 20.1 Å². The number of nitrogens with two attached hydrogens (primary N) is 1. The number of carbonyl (C=O) groups excluding carboxylic acids is 2. The van der Waals surface area contributed by atoms with E-state index in [1.54, 1.807) is 11.9 Å². The van der Waals surface area contributed by atoms with Gasteiger partial charge in [-0.2, -0.15) is 0 Å². The molecule has 7 heteroatoms. The zero-order chi connectivity index (χ0) is 13.5. The molecular formula is C11H20N4O3. The Morgan fingerprint density at radius 3 is 2.83 bits per heavy atom. The lowest BCUT2D eigenvalue weighted by molar-refractivity contribution is -0.149. The van der Waals surface area contributed by atoms with Gasteiger partial charge in [-0.05, 0) is 13.3 Å². The minimum atomic E-state index is -0.848. The van der Waals surface area contributed by atoms with E-state index in [9.17, 15) is 14.7 Å². The second kappa shape index (κ2) is 4.49. The number of likely N-dealkylation sites (N-methyl/N-ethyl adjacent to an activating group) is 1. The third-order valence-electron chi connectivity index (χ3n) is 3.75. The molecule has 2 unspecified atom stereocenters. The monoisotopic (exact) mass is 256 g/mol. The van der Waals surface area contributed by atoms with Crippen molar-refractivity contribution in [3.05, 3.63) is 0 Å². The van der Waals surface area contributed by atoms with Crippen LogP contribution in [0.4, 0.5) is 0 Å². The summed E-state index contributed by atoms with van der Waals surface area (Å²) in [5.74, 6) is -0.498. The maximum atomic E-state index is 11.8. The summed E-state index contributed by atoms with van der Waals surface area (Å²) in [5.41, 5.74) is 4.74. The number of primary amides is 1. The molecule has 2 aliphatic heterocycles. The number of amides is 2. The van der Waals surface area contributed by atoms with E-state index < -0.39 is 23.6 Å². The van der Waals surface area contributed by atoms with E-state index in [0.29, 0.717) is 19.5 Å². The molecule has 0 bridgehead atoms. The van der Waals surface area contributed by atoms with Crippen molar-refractivity contribution in [3.8, 4) is 0 Å². The molecule has 2 aliphatic rings. The van der Waals surface area contributed by atoms with Crippen LogP contribution < -0.4 is 16.4 Å². The molecule has 2 rings (SSSR count). The average Bonchev–Trinajstić information content (AvgIpc) is 2.71. The molecule has 7 nitrogen and oxygen atoms in total. The van der Waals surface area contributed by atoms with Crippen molar-refractivity contribution in [1.29, 1.82) is 0 Å². The SMILES string of the molecule is C[C@@H](O)[C@H](NC1CNC2(C1)CN(C)C2=O)C(N)=O. The van der Waals surface area contributed by atoms with E-state index >= 15 is 0 Å². The summed E-state index contributed by atoms with van der Waals surface area (Å²) in [5, 5.41) is 15.7. The fourth-order valence-corrected chi connectivity index (χ4v) is 2.82. The summed E-state index contributed by atoms with van der Waals surface area (Å²) in [4.78, 5) is 24.6. The quantitative estimate of drug-likeness (QED) is 0.412. The van der Waals surface area contributed by atoms with E-state index in [1.807, 2.05) is 0 Å². The first-order chi connectivity index (χ1) is 8.35. The minimum Gasteiger partial charge on any atom is -0.391 e. The number of nitrogens with zero attached hydrogens (tertiary/aromatic N) is 1. The lowest BCUT2D eigenvalue weighted by Gasteiger charge is -2.44. The van der Waals surface area contributed by atoms with E-state index in [0.717, 1.165) is 0 Å². The Morgan fingerprint density at radius 2 is 2.39 bits per heavy atom. The van der Waals surface area contributed by atoms with Crippen LogP contribution in [0.1, 0.15) is 13.3 Å². The maximum absolute atomic E-state index is 11.8. The van der Waals surface area contributed by atoms with Crippen LogP contribution in [0, 0.1) is 0 Å². The van der Waals surface area contributed by atoms with Crippen molar-refractivity contribution in [2.24, 2.45) is 5.73 Å². The summed E-state index contributed by atoms with van der Waals surface area (Å²) in [6, 6.07) is -0.811. The number of hydrogen-bond acceptors (Lipinski definition) is 5. The van der Waals surface area contributed by atoms with Gasteiger partial charge in [-0.3, -0.25) is 14.9 Å². The molecule has 0 aliphatic carbocycles. The van der Waals surface area contributed by atoms with Gasteiger partial charge in [0, 0.05) is 26.2 Å². The standard InChI is InChI=1S/C11H20N4O3/c1-6(16)8(9(12)17)14-7-3-11(13-4-7)5-15(2)10(11)18/h6-8,13-14,16H,3-5H2,1-2H3,(H2,12,17)/t6-,7?,8+,11?/m1/s1. The Morgan fingerprint density at radius 1 is 1.72 bits per heavy atom. The third-order valence-corrected chi connectivity index (χ3v) is 3.75. The Labute approximate surface area is 106 Å². The number of rotatable bonds is 4. The topological polar surface area (TPSA) is 108 Å². The minimum absolute atomic E-state index is 0.0326. The lowest BCUT2D eigenvalue weighted by atomic mass is 9.86. The predicted molar refractivity (Wildman–Crippen MR) is 64.6 cm³/mol. The van der Waals surface area contributed by atoms with Crippen molar-refractivity contribution in [3.63, 3.8) is 0 Å². The van der Waals surface area contributed by atoms with Crippen LogP contribution in [0.15, 0.2) is 0 Å². The number of β-lactam (4-membered cyclic amide) rings is 1. The van der Waals surface area contributed by atoms with Crippen LogP contribution in [-0.4, -0.2) is 65.7 Å². The molecule has 2 heterocycles. The smallest absolute Gasteiger partial charge is 0.244 e. The molecule has 0 radical (unpaired) electrons. The van der Waals surface area contributed by atoms with E-state index in [1.165, 1.54) is 6.92 Å². The normalized spacial score (nSPS) is 34.5. The molecule has 0 saturated carbocycles. The molecule has 102 valence electrons. The van der Waals surface area contributed by atoms with Crippen molar-refractivity contribution < 1.29 is 14.7 Å². The Hall–Kier alpha value is -1.18. The number of aliphatic hydroxyl groups is 1. The van der Waals surface area contributed by atoms with Crippen molar-refractivity contribution in [1.82, 2.24) is 15.5 Å². The van der Waals surface area contributed by atoms with Gasteiger partial charge in [0.15, 0.2) is 0 Å². The highest BCUT2D eigenvalue weighted by molar-refractivity contribution is 5.93. The van der Waals surface area contributed by atoms with Gasteiger partial charge < -0.3 is 21.1 Å². The van der Waals surface area contributed by atoms with Crippen LogP contribution in [-0.2, 0) is 9.59 Å². The summed E-state index contributed by atoms with van der Waals surface area (Å²) < 4.78 is 0. The average molecular weight is 256 g/mol. The predicted octanol–water partition coefficient (Wildman–Crippen LogP) is -2.62. The Bertz CT molecular complexity index is 373. The molecule has 0 aromatic carbocycles. The van der Waals surface area contributed by atoms with Crippen LogP contribution in [0.5, 0.6) is 0 Å². The van der Waals surface area contributed by atoms with Gasteiger partial charge in [-0.25, -0.2) is 0 Å². The number of likely N-dealkylation sites (tertiary alicyclic amines) is 1. The fourth-order valence-electron chi connectivity index (χ4n) is 2.82. The Balaban J connectivity index is 1.94. The zero-order valence-electron chi connectivity index (χ0n) is 10.6. The molecule has 1 spiro atoms. The molecule has 0 aromatic rings. The van der Waals surface area contributed by atoms with Gasteiger partial charge in [-0.15, -0.1) is 0 Å². The first kappa shape index (κ1) is 13.3. The third kappa shape index (κ3) is 2.09. The Kier molecular flexibility index (Phi) is 3.31. The van der Waals surface area contributed by atoms with Crippen LogP contribution >= 0.6 is 0 Å². The van der Waals surface area contributed by atoms with E-state index in [2.05, 4.69) is 10.6 Å². The van der Waals surface area contributed by atoms with Gasteiger partial charge >= 0.3 is 0 Å². The number of nitrogens with one attached hydrogen (secondary N) is 2. The van der Waals surface area contributed by atoms with E-state index in [4.69, 9.17) is 5.73 Å². The molecule has 2 saturated heterocycles. The molecule has 2 amide bonds.